The maximum atomic E-state index is 13.9. The molecule has 2 heterocycles. The number of rotatable bonds is 0. The molecule has 0 amide bonds. The van der Waals surface area contributed by atoms with Crippen LogP contribution in [0, 0.1) is 27.7 Å². The van der Waals surface area contributed by atoms with E-state index in [0.717, 1.165) is 22.3 Å². The number of ketones is 1. The molecule has 2 aliphatic heterocycles. The third kappa shape index (κ3) is 2.81. The highest BCUT2D eigenvalue weighted by Crippen LogP contribution is 2.65. The minimum Gasteiger partial charge on any atom is -0.308 e. The molecule has 5 aromatic rings. The molecule has 0 saturated heterocycles. The van der Waals surface area contributed by atoms with Gasteiger partial charge in [-0.15, -0.1) is 0 Å². The van der Waals surface area contributed by atoms with Crippen molar-refractivity contribution in [3.63, 3.8) is 0 Å². The number of benzene rings is 5. The number of aryl methyl sites for hydroxylation is 4. The minimum absolute atomic E-state index is 0.108. The molecule has 0 radical (unpaired) electrons. The predicted octanol–water partition coefficient (Wildman–Crippen LogP) is 9.10. The van der Waals surface area contributed by atoms with Crippen molar-refractivity contribution in [1.29, 1.82) is 0 Å². The lowest BCUT2D eigenvalue weighted by atomic mass is 9.57. The Hall–Kier alpha value is -4.08. The van der Waals surface area contributed by atoms with Crippen LogP contribution in [0.2, 0.25) is 0 Å². The van der Waals surface area contributed by atoms with Crippen molar-refractivity contribution >= 4 is 34.6 Å². The van der Waals surface area contributed by atoms with E-state index in [1.807, 2.05) is 36.0 Å². The minimum atomic E-state index is -0.607. The molecule has 0 N–H and O–H groups in total. The van der Waals surface area contributed by atoms with Gasteiger partial charge in [-0.25, -0.2) is 0 Å². The standard InChI is InChI=1S/C36H27NOS/c1-20-13-14-30-32(16-20)39-33-17-21(2)15-29-34(33)37(30)31-19-23(4)22(3)18-28(31)36(29)26-11-7-5-9-24(26)35(38)25-10-6-8-12-27(25)36/h5-19H,1-4H3. The van der Waals surface area contributed by atoms with Gasteiger partial charge in [0.2, 0.25) is 0 Å². The van der Waals surface area contributed by atoms with Crippen LogP contribution in [0.15, 0.2) is 101 Å². The van der Waals surface area contributed by atoms with Crippen LogP contribution in [0.3, 0.4) is 0 Å². The SMILES string of the molecule is Cc1ccc2c(c1)Sc1cc(C)cc3c1N2c1cc(C)c(C)cc1C31c2ccccc2C(=O)c2ccccc21. The van der Waals surface area contributed by atoms with Crippen LogP contribution in [0.4, 0.5) is 17.1 Å². The fourth-order valence-corrected chi connectivity index (χ4v) is 8.32. The van der Waals surface area contributed by atoms with E-state index >= 15 is 0 Å². The molecule has 1 aliphatic carbocycles. The van der Waals surface area contributed by atoms with Gasteiger partial charge < -0.3 is 4.90 Å². The molecular formula is C36H27NOS. The first-order valence-corrected chi connectivity index (χ1v) is 14.3. The highest BCUT2D eigenvalue weighted by atomic mass is 32.2. The molecule has 0 atom stereocenters. The van der Waals surface area contributed by atoms with Crippen molar-refractivity contribution in [2.45, 2.75) is 42.9 Å². The van der Waals surface area contributed by atoms with Crippen LogP contribution in [-0.2, 0) is 5.41 Å². The summed E-state index contributed by atoms with van der Waals surface area (Å²) in [6.07, 6.45) is 0. The van der Waals surface area contributed by atoms with E-state index < -0.39 is 5.41 Å². The highest BCUT2D eigenvalue weighted by molar-refractivity contribution is 7.99. The average Bonchev–Trinajstić information content (AvgIpc) is 2.93. The largest absolute Gasteiger partial charge is 0.308 e. The Morgan fingerprint density at radius 2 is 1.23 bits per heavy atom. The smallest absolute Gasteiger partial charge is 0.193 e. The summed E-state index contributed by atoms with van der Waals surface area (Å²) in [5.74, 6) is 0.108. The summed E-state index contributed by atoms with van der Waals surface area (Å²) >= 11 is 1.86. The summed E-state index contributed by atoms with van der Waals surface area (Å²) in [7, 11) is 0. The molecule has 188 valence electrons. The lowest BCUT2D eigenvalue weighted by molar-refractivity contribution is 0.103. The van der Waals surface area contributed by atoms with E-state index in [4.69, 9.17) is 0 Å². The van der Waals surface area contributed by atoms with Gasteiger partial charge >= 0.3 is 0 Å². The highest BCUT2D eigenvalue weighted by Gasteiger charge is 2.53. The molecule has 3 aliphatic rings. The van der Waals surface area contributed by atoms with Crippen molar-refractivity contribution in [1.82, 2.24) is 0 Å². The molecule has 1 spiro atoms. The van der Waals surface area contributed by atoms with Crippen molar-refractivity contribution in [3.05, 3.63) is 147 Å². The van der Waals surface area contributed by atoms with Crippen molar-refractivity contribution in [2.24, 2.45) is 0 Å². The van der Waals surface area contributed by atoms with Crippen LogP contribution in [0.5, 0.6) is 0 Å². The van der Waals surface area contributed by atoms with Crippen molar-refractivity contribution in [2.75, 3.05) is 4.90 Å². The maximum Gasteiger partial charge on any atom is 0.193 e. The molecule has 0 unspecified atom stereocenters. The third-order valence-electron chi connectivity index (χ3n) is 8.83. The van der Waals surface area contributed by atoms with E-state index in [1.165, 1.54) is 60.2 Å². The summed E-state index contributed by atoms with van der Waals surface area (Å²) in [6, 6.07) is 32.8. The average molecular weight is 522 g/mol. The molecule has 2 nitrogen and oxygen atoms in total. The van der Waals surface area contributed by atoms with Gasteiger partial charge in [0.1, 0.15) is 0 Å². The molecule has 0 saturated carbocycles. The molecular weight excluding hydrogens is 494 g/mol. The normalized spacial score (nSPS) is 15.3. The second-order valence-corrected chi connectivity index (χ2v) is 12.3. The zero-order chi connectivity index (χ0) is 26.6. The summed E-state index contributed by atoms with van der Waals surface area (Å²) in [5.41, 5.74) is 14.3. The number of anilines is 3. The van der Waals surface area contributed by atoms with Crippen LogP contribution in [0.25, 0.3) is 0 Å². The Kier molecular flexibility index (Phi) is 4.54. The summed E-state index contributed by atoms with van der Waals surface area (Å²) in [5, 5.41) is 0. The number of carbonyl (C=O) groups excluding carboxylic acids is 1. The first-order chi connectivity index (χ1) is 18.9. The van der Waals surface area contributed by atoms with Gasteiger partial charge in [-0.2, -0.15) is 0 Å². The first-order valence-electron chi connectivity index (χ1n) is 13.5. The van der Waals surface area contributed by atoms with E-state index in [9.17, 15) is 4.79 Å². The van der Waals surface area contributed by atoms with Crippen LogP contribution in [0.1, 0.15) is 60.4 Å². The summed E-state index contributed by atoms with van der Waals surface area (Å²) in [6.45, 7) is 8.77. The molecule has 0 fully saturated rings. The molecule has 0 bridgehead atoms. The van der Waals surface area contributed by atoms with Gasteiger partial charge in [0, 0.05) is 20.9 Å². The van der Waals surface area contributed by atoms with Crippen LogP contribution < -0.4 is 4.90 Å². The second kappa shape index (κ2) is 7.74. The number of hydrogen-bond donors (Lipinski definition) is 0. The fraction of sp³-hybridized carbons (Fsp3) is 0.139. The second-order valence-electron chi connectivity index (χ2n) is 11.2. The van der Waals surface area contributed by atoms with Gasteiger partial charge in [0.25, 0.3) is 0 Å². The summed E-state index contributed by atoms with van der Waals surface area (Å²) < 4.78 is 0. The predicted molar refractivity (Wildman–Crippen MR) is 159 cm³/mol. The van der Waals surface area contributed by atoms with Gasteiger partial charge in [-0.1, -0.05) is 78.5 Å². The molecule has 39 heavy (non-hydrogen) atoms. The fourth-order valence-electron chi connectivity index (χ4n) is 7.03. The topological polar surface area (TPSA) is 20.3 Å². The monoisotopic (exact) mass is 521 g/mol. The van der Waals surface area contributed by atoms with E-state index in [0.29, 0.717) is 0 Å². The van der Waals surface area contributed by atoms with Crippen LogP contribution >= 0.6 is 11.8 Å². The van der Waals surface area contributed by atoms with Gasteiger partial charge in [0.15, 0.2) is 5.78 Å². The summed E-state index contributed by atoms with van der Waals surface area (Å²) in [4.78, 5) is 19.0. The van der Waals surface area contributed by atoms with Gasteiger partial charge in [-0.05, 0) is 96.5 Å². The Morgan fingerprint density at radius 3 is 1.95 bits per heavy atom. The number of nitrogens with zero attached hydrogens (tertiary/aromatic N) is 1. The van der Waals surface area contributed by atoms with Crippen molar-refractivity contribution < 1.29 is 4.79 Å². The van der Waals surface area contributed by atoms with Crippen LogP contribution in [-0.4, -0.2) is 5.78 Å². The Balaban J connectivity index is 1.62. The van der Waals surface area contributed by atoms with E-state index in [-0.39, 0.29) is 5.78 Å². The first kappa shape index (κ1) is 22.9. The maximum absolute atomic E-state index is 13.9. The lowest BCUT2D eigenvalue weighted by Crippen LogP contribution is -2.43. The molecule has 5 aromatic carbocycles. The molecule has 3 heteroatoms. The third-order valence-corrected chi connectivity index (χ3v) is 9.91. The zero-order valence-electron chi connectivity index (χ0n) is 22.4. The molecule has 8 rings (SSSR count). The van der Waals surface area contributed by atoms with Crippen molar-refractivity contribution in [3.8, 4) is 0 Å². The lowest BCUT2D eigenvalue weighted by Gasteiger charge is -2.51. The number of fused-ring (bicyclic) bond motifs is 10. The Labute approximate surface area is 233 Å². The van der Waals surface area contributed by atoms with E-state index in [1.54, 1.807) is 0 Å². The van der Waals surface area contributed by atoms with Gasteiger partial charge in [0.05, 0.1) is 22.5 Å². The number of hydrogen-bond acceptors (Lipinski definition) is 3. The Morgan fingerprint density at radius 1 is 0.590 bits per heavy atom. The zero-order valence-corrected chi connectivity index (χ0v) is 23.2. The quantitative estimate of drug-likeness (QED) is 0.198. The van der Waals surface area contributed by atoms with Gasteiger partial charge in [-0.3, -0.25) is 4.79 Å². The molecule has 0 aromatic heterocycles. The Bertz CT molecular complexity index is 1870. The van der Waals surface area contributed by atoms with E-state index in [2.05, 4.69) is 99.3 Å². The number of carbonyl (C=O) groups is 1.